The van der Waals surface area contributed by atoms with E-state index in [-0.39, 0.29) is 17.9 Å². The Kier molecular flexibility index (Phi) is 4.22. The predicted octanol–water partition coefficient (Wildman–Crippen LogP) is 1.45. The molecule has 0 aromatic carbocycles. The average molecular weight is 277 g/mol. The summed E-state index contributed by atoms with van der Waals surface area (Å²) in [6.45, 7) is 0. The molecule has 1 amide bonds. The van der Waals surface area contributed by atoms with Crippen LogP contribution in [0.5, 0.6) is 0 Å². The molecule has 0 radical (unpaired) electrons. The van der Waals surface area contributed by atoms with Crippen LogP contribution in [0.3, 0.4) is 0 Å². The number of rotatable bonds is 4. The fourth-order valence-corrected chi connectivity index (χ4v) is 2.41. The van der Waals surface area contributed by atoms with Gasteiger partial charge in [0.2, 0.25) is 0 Å². The number of aromatic nitrogens is 1. The van der Waals surface area contributed by atoms with E-state index >= 15 is 0 Å². The Morgan fingerprint density at radius 3 is 2.60 bits per heavy atom. The molecule has 2 rings (SSSR count). The Morgan fingerprint density at radius 2 is 2.10 bits per heavy atom. The van der Waals surface area contributed by atoms with E-state index in [1.54, 1.807) is 26.2 Å². The van der Waals surface area contributed by atoms with Crippen LogP contribution in [0, 0.1) is 5.92 Å². The molecular formula is C14H19N3O3. The van der Waals surface area contributed by atoms with E-state index in [1.165, 1.54) is 11.1 Å². The number of carbonyl (C=O) groups excluding carboxylic acids is 1. The number of amides is 1. The molecule has 20 heavy (non-hydrogen) atoms. The molecule has 1 aliphatic rings. The zero-order chi connectivity index (χ0) is 14.7. The molecule has 1 aromatic rings. The number of nitrogens with one attached hydrogen (secondary N) is 1. The van der Waals surface area contributed by atoms with Crippen LogP contribution in [0.2, 0.25) is 0 Å². The molecule has 0 bridgehead atoms. The van der Waals surface area contributed by atoms with Gasteiger partial charge in [-0.15, -0.1) is 0 Å². The van der Waals surface area contributed by atoms with Crippen molar-refractivity contribution in [3.05, 3.63) is 23.9 Å². The van der Waals surface area contributed by atoms with Crippen LogP contribution in [0.4, 0.5) is 5.82 Å². The van der Waals surface area contributed by atoms with Crippen LogP contribution >= 0.6 is 0 Å². The highest BCUT2D eigenvalue weighted by molar-refractivity contribution is 5.93. The molecule has 6 nitrogen and oxygen atoms in total. The summed E-state index contributed by atoms with van der Waals surface area (Å²) in [6.07, 6.45) is 3.69. The van der Waals surface area contributed by atoms with E-state index < -0.39 is 5.97 Å². The molecule has 1 aromatic heterocycles. The maximum atomic E-state index is 11.7. The van der Waals surface area contributed by atoms with Gasteiger partial charge >= 0.3 is 5.97 Å². The van der Waals surface area contributed by atoms with Crippen LogP contribution < -0.4 is 5.32 Å². The number of carboxylic acid groups (broad SMARTS) is 1. The van der Waals surface area contributed by atoms with Crippen molar-refractivity contribution in [1.82, 2.24) is 9.88 Å². The second-order valence-electron chi connectivity index (χ2n) is 5.32. The molecule has 2 N–H and O–H groups in total. The lowest BCUT2D eigenvalue weighted by Crippen LogP contribution is -2.22. The molecule has 2 atom stereocenters. The quantitative estimate of drug-likeness (QED) is 0.870. The van der Waals surface area contributed by atoms with Crippen molar-refractivity contribution in [2.75, 3.05) is 19.4 Å². The number of hydrogen-bond acceptors (Lipinski definition) is 4. The lowest BCUT2D eigenvalue weighted by molar-refractivity contribution is -0.141. The van der Waals surface area contributed by atoms with Crippen LogP contribution in [0.25, 0.3) is 0 Å². The van der Waals surface area contributed by atoms with E-state index in [4.69, 9.17) is 5.11 Å². The normalized spacial score (nSPS) is 21.5. The zero-order valence-electron chi connectivity index (χ0n) is 11.7. The first-order valence-electron chi connectivity index (χ1n) is 6.64. The number of pyridine rings is 1. The second kappa shape index (κ2) is 5.90. The molecule has 0 aliphatic heterocycles. The fraction of sp³-hybridized carbons (Fsp3) is 0.500. The predicted molar refractivity (Wildman–Crippen MR) is 74.6 cm³/mol. The Bertz CT molecular complexity index is 499. The van der Waals surface area contributed by atoms with E-state index in [9.17, 15) is 9.59 Å². The van der Waals surface area contributed by atoms with Crippen LogP contribution in [-0.2, 0) is 4.79 Å². The number of hydrogen-bond donors (Lipinski definition) is 2. The average Bonchev–Trinajstić information content (AvgIpc) is 2.87. The third-order valence-corrected chi connectivity index (χ3v) is 3.55. The topological polar surface area (TPSA) is 82.5 Å². The summed E-state index contributed by atoms with van der Waals surface area (Å²) in [7, 11) is 3.39. The second-order valence-corrected chi connectivity index (χ2v) is 5.32. The lowest BCUT2D eigenvalue weighted by atomic mass is 10.1. The largest absolute Gasteiger partial charge is 0.481 e. The van der Waals surface area contributed by atoms with Gasteiger partial charge < -0.3 is 15.3 Å². The van der Waals surface area contributed by atoms with E-state index in [2.05, 4.69) is 10.3 Å². The summed E-state index contributed by atoms with van der Waals surface area (Å²) in [5.74, 6) is -0.400. The monoisotopic (exact) mass is 277 g/mol. The minimum absolute atomic E-state index is 0.0872. The smallest absolute Gasteiger partial charge is 0.306 e. The fourth-order valence-electron chi connectivity index (χ4n) is 2.41. The van der Waals surface area contributed by atoms with Crippen molar-refractivity contribution < 1.29 is 14.7 Å². The molecule has 0 spiro atoms. The summed E-state index contributed by atoms with van der Waals surface area (Å²) in [5.41, 5.74) is 0.537. The molecule has 2 unspecified atom stereocenters. The number of anilines is 1. The van der Waals surface area contributed by atoms with E-state index in [0.29, 0.717) is 24.2 Å². The first kappa shape index (κ1) is 14.3. The molecule has 1 heterocycles. The Labute approximate surface area is 117 Å². The molecule has 1 fully saturated rings. The third kappa shape index (κ3) is 3.26. The van der Waals surface area contributed by atoms with Gasteiger partial charge in [0.15, 0.2) is 0 Å². The summed E-state index contributed by atoms with van der Waals surface area (Å²) in [5, 5.41) is 12.2. The van der Waals surface area contributed by atoms with Gasteiger partial charge in [-0.2, -0.15) is 0 Å². The molecule has 1 aliphatic carbocycles. The summed E-state index contributed by atoms with van der Waals surface area (Å²) in [4.78, 5) is 28.3. The minimum atomic E-state index is -0.728. The summed E-state index contributed by atoms with van der Waals surface area (Å²) < 4.78 is 0. The molecular weight excluding hydrogens is 258 g/mol. The van der Waals surface area contributed by atoms with Gasteiger partial charge in [-0.25, -0.2) is 4.98 Å². The summed E-state index contributed by atoms with van der Waals surface area (Å²) in [6, 6.07) is 3.62. The van der Waals surface area contributed by atoms with E-state index in [1.807, 2.05) is 0 Å². The maximum absolute atomic E-state index is 11.7. The molecule has 108 valence electrons. The van der Waals surface area contributed by atoms with Gasteiger partial charge in [-0.3, -0.25) is 9.59 Å². The van der Waals surface area contributed by atoms with Crippen molar-refractivity contribution in [1.29, 1.82) is 0 Å². The van der Waals surface area contributed by atoms with Crippen molar-refractivity contribution >= 4 is 17.7 Å². The number of carboxylic acids is 1. The Hall–Kier alpha value is -2.11. The van der Waals surface area contributed by atoms with Crippen molar-refractivity contribution in [3.8, 4) is 0 Å². The summed E-state index contributed by atoms with van der Waals surface area (Å²) >= 11 is 0. The number of aliphatic carboxylic acids is 1. The van der Waals surface area contributed by atoms with Crippen LogP contribution in [0.1, 0.15) is 29.6 Å². The van der Waals surface area contributed by atoms with Gasteiger partial charge in [-0.1, -0.05) is 0 Å². The number of carbonyl (C=O) groups is 2. The standard InChI is InChI=1S/C14H19N3O3/c1-17(2)13(18)10-4-6-12(15-8-10)16-11-5-3-9(7-11)14(19)20/h4,6,8-9,11H,3,5,7H2,1-2H3,(H,15,16)(H,19,20). The van der Waals surface area contributed by atoms with Crippen LogP contribution in [0.15, 0.2) is 18.3 Å². The highest BCUT2D eigenvalue weighted by atomic mass is 16.4. The Morgan fingerprint density at radius 1 is 1.35 bits per heavy atom. The maximum Gasteiger partial charge on any atom is 0.306 e. The van der Waals surface area contributed by atoms with Gasteiger partial charge in [0, 0.05) is 26.3 Å². The number of nitrogens with zero attached hydrogens (tertiary/aromatic N) is 2. The van der Waals surface area contributed by atoms with Crippen molar-refractivity contribution in [2.24, 2.45) is 5.92 Å². The Balaban J connectivity index is 1.95. The van der Waals surface area contributed by atoms with Gasteiger partial charge in [0.25, 0.3) is 5.91 Å². The van der Waals surface area contributed by atoms with Gasteiger partial charge in [0.05, 0.1) is 11.5 Å². The zero-order valence-corrected chi connectivity index (χ0v) is 11.7. The first-order valence-corrected chi connectivity index (χ1v) is 6.64. The highest BCUT2D eigenvalue weighted by Gasteiger charge is 2.29. The van der Waals surface area contributed by atoms with Gasteiger partial charge in [-0.05, 0) is 31.4 Å². The first-order chi connectivity index (χ1) is 9.47. The lowest BCUT2D eigenvalue weighted by Gasteiger charge is -2.14. The van der Waals surface area contributed by atoms with Crippen molar-refractivity contribution in [2.45, 2.75) is 25.3 Å². The molecule has 0 saturated heterocycles. The molecule has 6 heteroatoms. The van der Waals surface area contributed by atoms with Crippen molar-refractivity contribution in [3.63, 3.8) is 0 Å². The minimum Gasteiger partial charge on any atom is -0.481 e. The van der Waals surface area contributed by atoms with E-state index in [0.717, 1.165) is 6.42 Å². The van der Waals surface area contributed by atoms with Gasteiger partial charge in [0.1, 0.15) is 5.82 Å². The third-order valence-electron chi connectivity index (χ3n) is 3.55. The SMILES string of the molecule is CN(C)C(=O)c1ccc(NC2CCC(C(=O)O)C2)nc1. The highest BCUT2D eigenvalue weighted by Crippen LogP contribution is 2.27. The molecule has 1 saturated carbocycles. The van der Waals surface area contributed by atoms with Crippen LogP contribution in [-0.4, -0.2) is 47.0 Å².